The zero-order valence-electron chi connectivity index (χ0n) is 8.71. The minimum Gasteiger partial charge on any atom is -0.395 e. The zero-order valence-corrected chi connectivity index (χ0v) is 8.71. The van der Waals surface area contributed by atoms with E-state index in [1.54, 1.807) is 11.9 Å². The molecule has 0 saturated carbocycles. The van der Waals surface area contributed by atoms with Crippen LogP contribution in [0.3, 0.4) is 0 Å². The van der Waals surface area contributed by atoms with Crippen molar-refractivity contribution in [3.8, 4) is 0 Å². The van der Waals surface area contributed by atoms with Gasteiger partial charge in [-0.15, -0.1) is 0 Å². The number of aliphatic hydroxyl groups excluding tert-OH is 1. The average molecular weight is 188 g/mol. The quantitative estimate of drug-likeness (QED) is 0.601. The molecule has 0 spiro atoms. The molecule has 1 unspecified atom stereocenters. The fourth-order valence-electron chi connectivity index (χ4n) is 1.27. The van der Waals surface area contributed by atoms with Crippen molar-refractivity contribution < 1.29 is 9.90 Å². The summed E-state index contributed by atoms with van der Waals surface area (Å²) in [4.78, 5) is 13.4. The van der Waals surface area contributed by atoms with Crippen LogP contribution in [-0.2, 0) is 4.79 Å². The first kappa shape index (κ1) is 12.4. The van der Waals surface area contributed by atoms with Gasteiger partial charge in [0, 0.05) is 19.6 Å². The van der Waals surface area contributed by atoms with E-state index in [-0.39, 0.29) is 18.4 Å². The molecule has 4 heteroatoms. The van der Waals surface area contributed by atoms with Gasteiger partial charge in [0.1, 0.15) is 0 Å². The summed E-state index contributed by atoms with van der Waals surface area (Å²) in [6.07, 6.45) is 0. The second-order valence-corrected chi connectivity index (χ2v) is 2.95. The maximum atomic E-state index is 11.7. The normalized spacial score (nSPS) is 12.6. The number of hydrogen-bond acceptors (Lipinski definition) is 3. The van der Waals surface area contributed by atoms with Crippen LogP contribution in [0.15, 0.2) is 0 Å². The van der Waals surface area contributed by atoms with Crippen LogP contribution in [0, 0.1) is 5.92 Å². The highest BCUT2D eigenvalue weighted by molar-refractivity contribution is 5.79. The van der Waals surface area contributed by atoms with E-state index >= 15 is 0 Å². The van der Waals surface area contributed by atoms with Gasteiger partial charge in [-0.1, -0.05) is 0 Å². The van der Waals surface area contributed by atoms with E-state index in [1.165, 1.54) is 0 Å². The molecule has 0 radical (unpaired) electrons. The molecule has 0 rings (SSSR count). The van der Waals surface area contributed by atoms with Crippen molar-refractivity contribution in [1.82, 2.24) is 10.2 Å². The third kappa shape index (κ3) is 3.74. The third-order valence-electron chi connectivity index (χ3n) is 2.10. The van der Waals surface area contributed by atoms with Crippen molar-refractivity contribution in [1.29, 1.82) is 0 Å². The van der Waals surface area contributed by atoms with Gasteiger partial charge in [-0.3, -0.25) is 4.79 Å². The summed E-state index contributed by atoms with van der Waals surface area (Å²) in [6.45, 7) is 5.73. The molecule has 1 amide bonds. The first-order valence-electron chi connectivity index (χ1n) is 4.75. The topological polar surface area (TPSA) is 52.6 Å². The SMILES string of the molecule is CCN(CC)C(=O)C(CO)CNC. The molecule has 0 bridgehead atoms. The lowest BCUT2D eigenvalue weighted by atomic mass is 10.1. The Labute approximate surface area is 79.9 Å². The minimum atomic E-state index is -0.301. The molecule has 0 aromatic rings. The molecule has 0 aliphatic carbocycles. The number of nitrogens with one attached hydrogen (secondary N) is 1. The van der Waals surface area contributed by atoms with Crippen molar-refractivity contribution in [2.24, 2.45) is 5.92 Å². The number of nitrogens with zero attached hydrogens (tertiary/aromatic N) is 1. The Hall–Kier alpha value is -0.610. The Balaban J connectivity index is 4.16. The fraction of sp³-hybridized carbons (Fsp3) is 0.889. The Morgan fingerprint density at radius 1 is 1.46 bits per heavy atom. The van der Waals surface area contributed by atoms with Crippen molar-refractivity contribution in [2.75, 3.05) is 33.3 Å². The Kier molecular flexibility index (Phi) is 6.54. The van der Waals surface area contributed by atoms with E-state index in [0.717, 1.165) is 0 Å². The van der Waals surface area contributed by atoms with Crippen molar-refractivity contribution in [3.05, 3.63) is 0 Å². The van der Waals surface area contributed by atoms with Gasteiger partial charge >= 0.3 is 0 Å². The van der Waals surface area contributed by atoms with Gasteiger partial charge in [0.05, 0.1) is 12.5 Å². The van der Waals surface area contributed by atoms with E-state index in [1.807, 2.05) is 13.8 Å². The van der Waals surface area contributed by atoms with E-state index in [4.69, 9.17) is 5.11 Å². The first-order valence-corrected chi connectivity index (χ1v) is 4.75. The molecule has 1 atom stereocenters. The van der Waals surface area contributed by atoms with Crippen LogP contribution in [0.5, 0.6) is 0 Å². The molecule has 0 heterocycles. The van der Waals surface area contributed by atoms with Crippen LogP contribution in [0.2, 0.25) is 0 Å². The summed E-state index contributed by atoms with van der Waals surface area (Å²) in [5.41, 5.74) is 0. The van der Waals surface area contributed by atoms with Crippen LogP contribution in [0.25, 0.3) is 0 Å². The number of hydrogen-bond donors (Lipinski definition) is 2. The number of rotatable bonds is 6. The monoisotopic (exact) mass is 188 g/mol. The number of carbonyl (C=O) groups is 1. The van der Waals surface area contributed by atoms with Gasteiger partial charge in [0.2, 0.25) is 5.91 Å². The molecular formula is C9H20N2O2. The van der Waals surface area contributed by atoms with Crippen LogP contribution in [0.1, 0.15) is 13.8 Å². The van der Waals surface area contributed by atoms with Crippen molar-refractivity contribution in [2.45, 2.75) is 13.8 Å². The summed E-state index contributed by atoms with van der Waals surface area (Å²) < 4.78 is 0. The molecule has 13 heavy (non-hydrogen) atoms. The molecule has 0 fully saturated rings. The predicted molar refractivity (Wildman–Crippen MR) is 52.4 cm³/mol. The van der Waals surface area contributed by atoms with Crippen LogP contribution < -0.4 is 5.32 Å². The van der Waals surface area contributed by atoms with Crippen molar-refractivity contribution in [3.63, 3.8) is 0 Å². The molecule has 0 aromatic heterocycles. The summed E-state index contributed by atoms with van der Waals surface area (Å²) in [7, 11) is 1.78. The number of amides is 1. The Bertz CT molecular complexity index is 147. The molecule has 0 aliphatic rings. The van der Waals surface area contributed by atoms with Gasteiger partial charge in [-0.05, 0) is 20.9 Å². The molecule has 4 nitrogen and oxygen atoms in total. The van der Waals surface area contributed by atoms with E-state index in [0.29, 0.717) is 19.6 Å². The zero-order chi connectivity index (χ0) is 10.3. The Morgan fingerprint density at radius 2 is 2.00 bits per heavy atom. The van der Waals surface area contributed by atoms with E-state index in [9.17, 15) is 4.79 Å². The highest BCUT2D eigenvalue weighted by Crippen LogP contribution is 2.01. The summed E-state index contributed by atoms with van der Waals surface area (Å²) in [6, 6.07) is 0. The summed E-state index contributed by atoms with van der Waals surface area (Å²) in [5.74, 6) is -0.272. The third-order valence-corrected chi connectivity index (χ3v) is 2.10. The fourth-order valence-corrected chi connectivity index (χ4v) is 1.27. The first-order chi connectivity index (χ1) is 6.21. The average Bonchev–Trinajstić information content (AvgIpc) is 2.15. The molecule has 0 aromatic carbocycles. The number of carbonyl (C=O) groups excluding carboxylic acids is 1. The molecule has 0 aliphatic heterocycles. The van der Waals surface area contributed by atoms with Gasteiger partial charge < -0.3 is 15.3 Å². The van der Waals surface area contributed by atoms with Gasteiger partial charge in [0.15, 0.2) is 0 Å². The molecule has 78 valence electrons. The minimum absolute atomic E-state index is 0.0295. The number of aliphatic hydroxyl groups is 1. The lowest BCUT2D eigenvalue weighted by Crippen LogP contribution is -2.41. The van der Waals surface area contributed by atoms with Crippen molar-refractivity contribution >= 4 is 5.91 Å². The van der Waals surface area contributed by atoms with Gasteiger partial charge in [0.25, 0.3) is 0 Å². The van der Waals surface area contributed by atoms with Crippen LogP contribution in [0.4, 0.5) is 0 Å². The molecule has 2 N–H and O–H groups in total. The lowest BCUT2D eigenvalue weighted by molar-refractivity contribution is -0.136. The van der Waals surface area contributed by atoms with E-state index < -0.39 is 0 Å². The second kappa shape index (κ2) is 6.86. The van der Waals surface area contributed by atoms with Crippen LogP contribution >= 0.6 is 0 Å². The maximum Gasteiger partial charge on any atom is 0.229 e. The molecular weight excluding hydrogens is 168 g/mol. The second-order valence-electron chi connectivity index (χ2n) is 2.95. The standard InChI is InChI=1S/C9H20N2O2/c1-4-11(5-2)9(13)8(7-12)6-10-3/h8,10,12H,4-7H2,1-3H3. The highest BCUT2D eigenvalue weighted by Gasteiger charge is 2.20. The predicted octanol–water partition coefficient (Wildman–Crippen LogP) is -0.317. The lowest BCUT2D eigenvalue weighted by Gasteiger charge is -2.23. The molecule has 0 saturated heterocycles. The van der Waals surface area contributed by atoms with Gasteiger partial charge in [-0.2, -0.15) is 0 Å². The highest BCUT2D eigenvalue weighted by atomic mass is 16.3. The smallest absolute Gasteiger partial charge is 0.229 e. The largest absolute Gasteiger partial charge is 0.395 e. The maximum absolute atomic E-state index is 11.7. The Morgan fingerprint density at radius 3 is 2.31 bits per heavy atom. The van der Waals surface area contributed by atoms with Crippen LogP contribution in [-0.4, -0.2) is 49.2 Å². The summed E-state index contributed by atoms with van der Waals surface area (Å²) >= 11 is 0. The van der Waals surface area contributed by atoms with Gasteiger partial charge in [-0.25, -0.2) is 0 Å². The summed E-state index contributed by atoms with van der Waals surface area (Å²) in [5, 5.41) is 11.9. The van der Waals surface area contributed by atoms with E-state index in [2.05, 4.69) is 5.32 Å².